The lowest BCUT2D eigenvalue weighted by atomic mass is 10.1. The van der Waals surface area contributed by atoms with E-state index in [-0.39, 0.29) is 11.9 Å². The predicted octanol–water partition coefficient (Wildman–Crippen LogP) is 4.43. The van der Waals surface area contributed by atoms with Gasteiger partial charge < -0.3 is 10.2 Å². The lowest BCUT2D eigenvalue weighted by molar-refractivity contribution is -0.121. The zero-order valence-electron chi connectivity index (χ0n) is 15.2. The van der Waals surface area contributed by atoms with Gasteiger partial charge in [-0.2, -0.15) is 5.10 Å². The Morgan fingerprint density at radius 3 is 2.82 bits per heavy atom. The third-order valence-electron chi connectivity index (χ3n) is 4.91. The molecule has 0 bridgehead atoms. The maximum Gasteiger partial charge on any atom is 0.224 e. The second-order valence-electron chi connectivity index (χ2n) is 6.91. The number of carbonyl (C=O) groups excluding carboxylic acids is 1. The van der Waals surface area contributed by atoms with E-state index in [0.717, 1.165) is 46.6 Å². The van der Waals surface area contributed by atoms with Crippen LogP contribution in [-0.2, 0) is 11.2 Å². The number of H-pyrrole nitrogens is 1. The summed E-state index contributed by atoms with van der Waals surface area (Å²) in [5, 5.41) is 11.4. The molecule has 0 unspecified atom stereocenters. The summed E-state index contributed by atoms with van der Waals surface area (Å²) in [6, 6.07) is 17.6. The van der Waals surface area contributed by atoms with E-state index >= 15 is 0 Å². The zero-order chi connectivity index (χ0) is 19.5. The summed E-state index contributed by atoms with van der Waals surface area (Å²) >= 11 is 9.45. The number of rotatable bonds is 5. The minimum absolute atomic E-state index is 0.0441. The molecule has 0 radical (unpaired) electrons. The summed E-state index contributed by atoms with van der Waals surface area (Å²) in [5.41, 5.74) is 2.99. The van der Waals surface area contributed by atoms with Crippen LogP contribution in [0.5, 0.6) is 0 Å². The van der Waals surface area contributed by atoms with Crippen molar-refractivity contribution in [1.82, 2.24) is 15.5 Å². The highest BCUT2D eigenvalue weighted by atomic mass is 79.9. The minimum atomic E-state index is 0.0441. The van der Waals surface area contributed by atoms with E-state index in [1.54, 1.807) is 0 Å². The molecule has 2 aromatic carbocycles. The maximum absolute atomic E-state index is 12.4. The van der Waals surface area contributed by atoms with Crippen LogP contribution in [0.15, 0.2) is 59.1 Å². The van der Waals surface area contributed by atoms with Crippen molar-refractivity contribution in [2.75, 3.05) is 18.0 Å². The normalized spacial score (nSPS) is 16.4. The topological polar surface area (TPSA) is 61.0 Å². The van der Waals surface area contributed by atoms with Gasteiger partial charge in [-0.25, -0.2) is 0 Å². The Kier molecular flexibility index (Phi) is 5.69. The quantitative estimate of drug-likeness (QED) is 0.593. The van der Waals surface area contributed by atoms with E-state index in [9.17, 15) is 4.79 Å². The van der Waals surface area contributed by atoms with Crippen LogP contribution in [0.4, 0.5) is 5.82 Å². The average Bonchev–Trinajstić information content (AvgIpc) is 3.34. The summed E-state index contributed by atoms with van der Waals surface area (Å²) in [6.45, 7) is 1.62. The fourth-order valence-corrected chi connectivity index (χ4v) is 3.98. The lowest BCUT2D eigenvalue weighted by Gasteiger charge is -2.16. The first kappa shape index (κ1) is 19.0. The van der Waals surface area contributed by atoms with E-state index in [1.807, 2.05) is 54.6 Å². The molecule has 2 heterocycles. The standard InChI is InChI=1S/C21H20BrClN4O/c22-18-4-2-1-3-15(18)11-21(28)24-17-9-10-27(13-17)20-12-19(25-26-20)14-5-7-16(23)8-6-14/h1-8,12,17H,9-11,13H2,(H,24,28)(H,25,26)/t17-/m1/s1. The van der Waals surface area contributed by atoms with Crippen molar-refractivity contribution in [1.29, 1.82) is 0 Å². The Morgan fingerprint density at radius 2 is 2.04 bits per heavy atom. The fraction of sp³-hybridized carbons (Fsp3) is 0.238. The van der Waals surface area contributed by atoms with Crippen LogP contribution in [0, 0.1) is 0 Å². The van der Waals surface area contributed by atoms with Crippen molar-refractivity contribution in [3.63, 3.8) is 0 Å². The van der Waals surface area contributed by atoms with Crippen LogP contribution in [0.25, 0.3) is 11.3 Å². The first-order chi connectivity index (χ1) is 13.6. The molecule has 0 spiro atoms. The van der Waals surface area contributed by atoms with Crippen LogP contribution in [0.1, 0.15) is 12.0 Å². The molecular weight excluding hydrogens is 440 g/mol. The predicted molar refractivity (Wildman–Crippen MR) is 116 cm³/mol. The van der Waals surface area contributed by atoms with E-state index in [2.05, 4.69) is 36.3 Å². The van der Waals surface area contributed by atoms with E-state index in [1.165, 1.54) is 0 Å². The molecule has 1 amide bonds. The maximum atomic E-state index is 12.4. The van der Waals surface area contributed by atoms with E-state index in [0.29, 0.717) is 11.4 Å². The summed E-state index contributed by atoms with van der Waals surface area (Å²) in [6.07, 6.45) is 1.28. The summed E-state index contributed by atoms with van der Waals surface area (Å²) in [5.74, 6) is 0.940. The Hall–Kier alpha value is -2.31. The van der Waals surface area contributed by atoms with Crippen LogP contribution < -0.4 is 10.2 Å². The van der Waals surface area contributed by atoms with Gasteiger partial charge in [-0.05, 0) is 35.7 Å². The van der Waals surface area contributed by atoms with Crippen molar-refractivity contribution in [2.45, 2.75) is 18.9 Å². The Balaban J connectivity index is 1.35. The zero-order valence-corrected chi connectivity index (χ0v) is 17.5. The molecule has 1 aliphatic heterocycles. The Morgan fingerprint density at radius 1 is 1.25 bits per heavy atom. The van der Waals surface area contributed by atoms with Crippen molar-refractivity contribution in [3.05, 3.63) is 69.7 Å². The molecule has 5 nitrogen and oxygen atoms in total. The van der Waals surface area contributed by atoms with Gasteiger partial charge in [0.1, 0.15) is 0 Å². The Labute approximate surface area is 177 Å². The van der Waals surface area contributed by atoms with E-state index in [4.69, 9.17) is 11.6 Å². The third-order valence-corrected chi connectivity index (χ3v) is 5.93. The molecule has 0 aliphatic carbocycles. The number of halogens is 2. The van der Waals surface area contributed by atoms with Crippen molar-refractivity contribution in [3.8, 4) is 11.3 Å². The monoisotopic (exact) mass is 458 g/mol. The molecule has 1 atom stereocenters. The fourth-order valence-electron chi connectivity index (χ4n) is 3.43. The first-order valence-electron chi connectivity index (χ1n) is 9.17. The number of nitrogens with one attached hydrogen (secondary N) is 2. The molecule has 1 fully saturated rings. The molecule has 7 heteroatoms. The number of amides is 1. The number of anilines is 1. The van der Waals surface area contributed by atoms with Gasteiger partial charge in [-0.3, -0.25) is 9.89 Å². The number of nitrogens with zero attached hydrogens (tertiary/aromatic N) is 2. The minimum Gasteiger partial charge on any atom is -0.353 e. The van der Waals surface area contributed by atoms with Gasteiger partial charge in [-0.15, -0.1) is 0 Å². The molecular formula is C21H20BrClN4O. The molecule has 0 saturated carbocycles. The van der Waals surface area contributed by atoms with Crippen molar-refractivity contribution >= 4 is 39.3 Å². The van der Waals surface area contributed by atoms with Crippen LogP contribution in [0.3, 0.4) is 0 Å². The number of aromatic nitrogens is 2. The summed E-state index contributed by atoms with van der Waals surface area (Å²) < 4.78 is 0.962. The smallest absolute Gasteiger partial charge is 0.224 e. The van der Waals surface area contributed by atoms with Crippen molar-refractivity contribution < 1.29 is 4.79 Å². The second kappa shape index (κ2) is 8.37. The molecule has 144 valence electrons. The first-order valence-corrected chi connectivity index (χ1v) is 10.3. The van der Waals surface area contributed by atoms with Gasteiger partial charge in [-0.1, -0.05) is 57.9 Å². The highest BCUT2D eigenvalue weighted by molar-refractivity contribution is 9.10. The van der Waals surface area contributed by atoms with Crippen LogP contribution in [-0.4, -0.2) is 35.2 Å². The Bertz CT molecular complexity index is 973. The van der Waals surface area contributed by atoms with Crippen LogP contribution in [0.2, 0.25) is 5.02 Å². The molecule has 1 aromatic heterocycles. The molecule has 3 aromatic rings. The van der Waals surface area contributed by atoms with Gasteiger partial charge in [0, 0.05) is 34.7 Å². The third kappa shape index (κ3) is 4.39. The number of hydrogen-bond acceptors (Lipinski definition) is 3. The SMILES string of the molecule is O=C(Cc1ccccc1Br)N[C@@H]1CCN(c2cc(-c3ccc(Cl)cc3)[nH]n2)C1. The van der Waals surface area contributed by atoms with Crippen LogP contribution >= 0.6 is 27.5 Å². The molecule has 28 heavy (non-hydrogen) atoms. The number of benzene rings is 2. The van der Waals surface area contributed by atoms with Gasteiger partial charge in [0.2, 0.25) is 5.91 Å². The van der Waals surface area contributed by atoms with Gasteiger partial charge in [0.25, 0.3) is 0 Å². The van der Waals surface area contributed by atoms with Gasteiger partial charge >= 0.3 is 0 Å². The molecule has 1 aliphatic rings. The summed E-state index contributed by atoms with van der Waals surface area (Å²) in [4.78, 5) is 14.6. The van der Waals surface area contributed by atoms with Crippen molar-refractivity contribution in [2.24, 2.45) is 0 Å². The van der Waals surface area contributed by atoms with Gasteiger partial charge in [0.05, 0.1) is 12.1 Å². The number of hydrogen-bond donors (Lipinski definition) is 2. The number of aromatic amines is 1. The second-order valence-corrected chi connectivity index (χ2v) is 8.20. The summed E-state index contributed by atoms with van der Waals surface area (Å²) in [7, 11) is 0. The van der Waals surface area contributed by atoms with E-state index < -0.39 is 0 Å². The highest BCUT2D eigenvalue weighted by Crippen LogP contribution is 2.25. The van der Waals surface area contributed by atoms with Gasteiger partial charge in [0.15, 0.2) is 5.82 Å². The average molecular weight is 460 g/mol. The molecule has 4 rings (SSSR count). The molecule has 2 N–H and O–H groups in total. The largest absolute Gasteiger partial charge is 0.353 e. The molecule has 1 saturated heterocycles. The number of carbonyl (C=O) groups is 1. The highest BCUT2D eigenvalue weighted by Gasteiger charge is 2.25. The lowest BCUT2D eigenvalue weighted by Crippen LogP contribution is -2.38.